The van der Waals surface area contributed by atoms with E-state index in [1.807, 2.05) is 66.0 Å². The summed E-state index contributed by atoms with van der Waals surface area (Å²) in [6.07, 6.45) is -0.892. The summed E-state index contributed by atoms with van der Waals surface area (Å²) in [5.41, 5.74) is 3.88. The van der Waals surface area contributed by atoms with Crippen LogP contribution in [0.3, 0.4) is 0 Å². The van der Waals surface area contributed by atoms with Crippen LogP contribution in [-0.2, 0) is 9.63 Å². The van der Waals surface area contributed by atoms with Crippen LogP contribution in [-0.4, -0.2) is 12.0 Å². The van der Waals surface area contributed by atoms with Crippen LogP contribution >= 0.6 is 0 Å². The van der Waals surface area contributed by atoms with Crippen LogP contribution < -0.4 is 10.7 Å². The predicted octanol–water partition coefficient (Wildman–Crippen LogP) is 2.98. The molecule has 0 saturated carbocycles. The summed E-state index contributed by atoms with van der Waals surface area (Å²) in [5, 5.41) is 6.50. The SMILES string of the molecule is CC(=O)NC(=O)ON=c1c(-c2ccccc2)c1-c1ccccc1. The zero-order chi connectivity index (χ0) is 16.2. The molecule has 3 aromatic carbocycles. The number of carbonyl (C=O) groups excluding carboxylic acids is 2. The Balaban J connectivity index is 1.94. The summed E-state index contributed by atoms with van der Waals surface area (Å²) in [4.78, 5) is 27.0. The molecule has 0 spiro atoms. The Morgan fingerprint density at radius 1 is 0.870 bits per heavy atom. The molecule has 0 fully saturated rings. The highest BCUT2D eigenvalue weighted by atomic mass is 16.7. The molecule has 0 aliphatic heterocycles. The topological polar surface area (TPSA) is 67.8 Å². The van der Waals surface area contributed by atoms with Crippen molar-refractivity contribution in [3.63, 3.8) is 0 Å². The number of benzene rings is 2. The third-order valence-electron chi connectivity index (χ3n) is 3.28. The molecule has 0 bridgehead atoms. The Labute approximate surface area is 132 Å². The third-order valence-corrected chi connectivity index (χ3v) is 3.28. The maximum atomic E-state index is 11.4. The molecular formula is C18H14N2O3. The number of hydrogen-bond donors (Lipinski definition) is 1. The van der Waals surface area contributed by atoms with E-state index in [1.165, 1.54) is 6.92 Å². The van der Waals surface area contributed by atoms with Gasteiger partial charge in [-0.3, -0.25) is 14.9 Å². The first kappa shape index (κ1) is 14.7. The highest BCUT2D eigenvalue weighted by Gasteiger charge is 2.24. The predicted molar refractivity (Wildman–Crippen MR) is 85.5 cm³/mol. The lowest BCUT2D eigenvalue weighted by atomic mass is 10.1. The number of hydrogen-bond acceptors (Lipinski definition) is 4. The molecule has 3 rings (SSSR count). The number of amides is 2. The number of rotatable bonds is 3. The Hall–Kier alpha value is -3.21. The van der Waals surface area contributed by atoms with Gasteiger partial charge in [0.2, 0.25) is 5.91 Å². The molecule has 5 heteroatoms. The Morgan fingerprint density at radius 3 is 1.78 bits per heavy atom. The quantitative estimate of drug-likeness (QED) is 0.597. The standard InChI is InChI=1S/C18H14N2O3/c1-12(21)19-18(22)23-20-17-15(13-8-4-2-5-9-13)16(17)14-10-6-3-7-11-14/h2-11H,1H3,(H,19,21,22). The largest absolute Gasteiger partial charge is 0.440 e. The van der Waals surface area contributed by atoms with E-state index in [4.69, 9.17) is 4.84 Å². The average Bonchev–Trinajstić information content (AvgIpc) is 3.28. The summed E-state index contributed by atoms with van der Waals surface area (Å²) in [6, 6.07) is 19.5. The maximum Gasteiger partial charge on any atom is 0.440 e. The van der Waals surface area contributed by atoms with Gasteiger partial charge in [0.25, 0.3) is 0 Å². The fourth-order valence-corrected chi connectivity index (χ4v) is 2.29. The first-order chi connectivity index (χ1) is 11.2. The second-order valence-electron chi connectivity index (χ2n) is 4.98. The van der Waals surface area contributed by atoms with E-state index in [-0.39, 0.29) is 0 Å². The van der Waals surface area contributed by atoms with Crippen molar-refractivity contribution in [1.82, 2.24) is 5.32 Å². The van der Waals surface area contributed by atoms with Gasteiger partial charge < -0.3 is 0 Å². The lowest BCUT2D eigenvalue weighted by Gasteiger charge is -1.94. The molecule has 0 heterocycles. The summed E-state index contributed by atoms with van der Waals surface area (Å²) < 4.78 is 0. The van der Waals surface area contributed by atoms with E-state index < -0.39 is 12.0 Å². The summed E-state index contributed by atoms with van der Waals surface area (Å²) in [6.45, 7) is 1.23. The molecule has 3 aromatic rings. The van der Waals surface area contributed by atoms with Crippen molar-refractivity contribution < 1.29 is 14.4 Å². The zero-order valence-electron chi connectivity index (χ0n) is 12.4. The van der Waals surface area contributed by atoms with Gasteiger partial charge in [0.05, 0.1) is 0 Å². The van der Waals surface area contributed by atoms with Gasteiger partial charge >= 0.3 is 6.09 Å². The van der Waals surface area contributed by atoms with Gasteiger partial charge in [0, 0.05) is 18.1 Å². The van der Waals surface area contributed by atoms with Crippen LogP contribution in [0.2, 0.25) is 0 Å². The number of nitrogens with zero attached hydrogens (tertiary/aromatic N) is 1. The zero-order valence-corrected chi connectivity index (χ0v) is 12.4. The van der Waals surface area contributed by atoms with Crippen molar-refractivity contribution in [2.45, 2.75) is 6.92 Å². The van der Waals surface area contributed by atoms with Gasteiger partial charge in [-0.15, -0.1) is 0 Å². The lowest BCUT2D eigenvalue weighted by Crippen LogP contribution is -2.27. The molecule has 0 atom stereocenters. The minimum absolute atomic E-state index is 0.495. The van der Waals surface area contributed by atoms with Crippen LogP contribution in [0.4, 0.5) is 4.79 Å². The highest BCUT2D eigenvalue weighted by Crippen LogP contribution is 2.34. The first-order valence-electron chi connectivity index (χ1n) is 7.09. The van der Waals surface area contributed by atoms with Gasteiger partial charge in [-0.2, -0.15) is 0 Å². The average molecular weight is 306 g/mol. The van der Waals surface area contributed by atoms with Crippen LogP contribution in [0.1, 0.15) is 6.92 Å². The van der Waals surface area contributed by atoms with Gasteiger partial charge in [0.15, 0.2) is 0 Å². The molecule has 2 amide bonds. The molecule has 0 radical (unpaired) electrons. The van der Waals surface area contributed by atoms with Crippen LogP contribution in [0.25, 0.3) is 22.3 Å². The summed E-state index contributed by atoms with van der Waals surface area (Å²) in [5.74, 6) is -0.495. The van der Waals surface area contributed by atoms with Crippen LogP contribution in [0, 0.1) is 0 Å². The number of imide groups is 1. The Morgan fingerprint density at radius 2 is 1.35 bits per heavy atom. The molecule has 1 N–H and O–H groups in total. The van der Waals surface area contributed by atoms with Crippen molar-refractivity contribution in [3.05, 3.63) is 66.0 Å². The fraction of sp³-hybridized carbons (Fsp3) is 0.0556. The number of carbonyl (C=O) groups is 2. The molecule has 5 nitrogen and oxygen atoms in total. The number of nitrogens with one attached hydrogen (secondary N) is 1. The van der Waals surface area contributed by atoms with Crippen molar-refractivity contribution in [3.8, 4) is 22.3 Å². The van der Waals surface area contributed by atoms with Crippen molar-refractivity contribution >= 4 is 12.0 Å². The smallest absolute Gasteiger partial charge is 0.297 e. The van der Waals surface area contributed by atoms with E-state index in [2.05, 4.69) is 5.16 Å². The minimum atomic E-state index is -0.892. The molecule has 23 heavy (non-hydrogen) atoms. The normalized spacial score (nSPS) is 10.3. The van der Waals surface area contributed by atoms with Crippen molar-refractivity contribution in [1.29, 1.82) is 0 Å². The summed E-state index contributed by atoms with van der Waals surface area (Å²) >= 11 is 0. The lowest BCUT2D eigenvalue weighted by molar-refractivity contribution is -0.118. The minimum Gasteiger partial charge on any atom is -0.297 e. The Kier molecular flexibility index (Phi) is 4.01. The monoisotopic (exact) mass is 306 g/mol. The summed E-state index contributed by atoms with van der Waals surface area (Å²) in [7, 11) is 0. The molecule has 0 aliphatic rings. The molecule has 114 valence electrons. The third kappa shape index (κ3) is 3.35. The molecule has 0 aromatic heterocycles. The van der Waals surface area contributed by atoms with E-state index in [0.29, 0.717) is 5.36 Å². The van der Waals surface area contributed by atoms with E-state index in [1.54, 1.807) is 0 Å². The molecule has 0 unspecified atom stereocenters. The van der Waals surface area contributed by atoms with Gasteiger partial charge in [0.1, 0.15) is 5.36 Å². The maximum absolute atomic E-state index is 11.4. The van der Waals surface area contributed by atoms with Crippen LogP contribution in [0.5, 0.6) is 0 Å². The second kappa shape index (κ2) is 6.27. The van der Waals surface area contributed by atoms with Crippen molar-refractivity contribution in [2.75, 3.05) is 0 Å². The van der Waals surface area contributed by atoms with E-state index in [0.717, 1.165) is 22.3 Å². The second-order valence-corrected chi connectivity index (χ2v) is 4.98. The molecule has 0 aliphatic carbocycles. The van der Waals surface area contributed by atoms with E-state index >= 15 is 0 Å². The Bertz CT molecular complexity index is 806. The van der Waals surface area contributed by atoms with Crippen molar-refractivity contribution in [2.24, 2.45) is 5.16 Å². The molecule has 0 saturated heterocycles. The highest BCUT2D eigenvalue weighted by molar-refractivity contribution is 5.94. The van der Waals surface area contributed by atoms with Gasteiger partial charge in [-0.1, -0.05) is 65.8 Å². The molecular weight excluding hydrogens is 292 g/mol. The van der Waals surface area contributed by atoms with Gasteiger partial charge in [-0.25, -0.2) is 4.79 Å². The van der Waals surface area contributed by atoms with E-state index in [9.17, 15) is 9.59 Å². The first-order valence-corrected chi connectivity index (χ1v) is 7.09. The van der Waals surface area contributed by atoms with Gasteiger partial charge in [-0.05, 0) is 11.1 Å². The fourth-order valence-electron chi connectivity index (χ4n) is 2.29. The van der Waals surface area contributed by atoms with Crippen LogP contribution in [0.15, 0.2) is 65.8 Å².